The smallest absolute Gasteiger partial charge is 0.0791 e. The van der Waals surface area contributed by atoms with Gasteiger partial charge in [-0.3, -0.25) is 0 Å². The second kappa shape index (κ2) is 32.5. The van der Waals surface area contributed by atoms with Gasteiger partial charge in [0.2, 0.25) is 0 Å². The first kappa shape index (κ1) is 56.8. The summed E-state index contributed by atoms with van der Waals surface area (Å²) in [6, 6.07) is 0. The predicted molar refractivity (Wildman–Crippen MR) is 221 cm³/mol. The summed E-state index contributed by atoms with van der Waals surface area (Å²) in [4.78, 5) is 5.19. The van der Waals surface area contributed by atoms with Gasteiger partial charge in [0.1, 0.15) is 0 Å². The third-order valence-electron chi connectivity index (χ3n) is 13.3. The number of hydrogen-bond acceptors (Lipinski definition) is 2. The molecule has 0 amide bonds. The average Bonchev–Trinajstić information content (AvgIpc) is 3.75. The topological polar surface area (TPSA) is 6.48 Å². The van der Waals surface area contributed by atoms with Gasteiger partial charge >= 0.3 is 0 Å². The SMILES string of the molecule is C.CCI.CCN(CC)CCC1(CCN(CC)CC)CCCC1.CC[N+](CC)(CC)CCC1(CC[N+](CC)(CC)CC)CCCC1.[I-].[I-]. The van der Waals surface area contributed by atoms with Crippen molar-refractivity contribution in [2.24, 2.45) is 10.8 Å². The van der Waals surface area contributed by atoms with E-state index >= 15 is 0 Å². The third-order valence-corrected chi connectivity index (χ3v) is 13.3. The monoisotopic (exact) mass is 1020 g/mol. The Kier molecular flexibility index (Phi) is 38.4. The van der Waals surface area contributed by atoms with Gasteiger partial charge in [0.15, 0.2) is 0 Å². The molecule has 0 spiro atoms. The van der Waals surface area contributed by atoms with Crippen LogP contribution in [0.1, 0.15) is 161 Å². The first-order valence-electron chi connectivity index (χ1n) is 20.3. The molecule has 4 nitrogen and oxygen atoms in total. The van der Waals surface area contributed by atoms with Gasteiger partial charge < -0.3 is 66.7 Å². The molecule has 2 saturated carbocycles. The van der Waals surface area contributed by atoms with Crippen molar-refractivity contribution in [1.82, 2.24) is 9.80 Å². The Balaban J connectivity index is -0.000000356. The highest BCUT2D eigenvalue weighted by atomic mass is 127. The van der Waals surface area contributed by atoms with Crippen LogP contribution in [0.4, 0.5) is 0 Å². The molecule has 0 atom stereocenters. The lowest BCUT2D eigenvalue weighted by molar-refractivity contribution is -0.926. The van der Waals surface area contributed by atoms with E-state index in [-0.39, 0.29) is 55.4 Å². The van der Waals surface area contributed by atoms with Gasteiger partial charge in [-0.05, 0) is 135 Å². The quantitative estimate of drug-likeness (QED) is 0.0840. The largest absolute Gasteiger partial charge is 1.00 e. The summed E-state index contributed by atoms with van der Waals surface area (Å²) < 4.78 is 3.88. The number of nitrogens with zero attached hydrogens (tertiary/aromatic N) is 4. The van der Waals surface area contributed by atoms with Gasteiger partial charge in [0, 0.05) is 12.8 Å². The molecular weight excluding hydrogens is 929 g/mol. The molecule has 0 aromatic rings. The lowest BCUT2D eigenvalue weighted by atomic mass is 9.78. The summed E-state index contributed by atoms with van der Waals surface area (Å²) in [5, 5.41) is 0. The van der Waals surface area contributed by atoms with Gasteiger partial charge in [-0.1, -0.05) is 90.3 Å². The van der Waals surface area contributed by atoms with Crippen molar-refractivity contribution in [3.63, 3.8) is 0 Å². The lowest BCUT2D eigenvalue weighted by Crippen LogP contribution is -3.00. The minimum Gasteiger partial charge on any atom is -1.00 e. The molecule has 2 rings (SSSR count). The fraction of sp³-hybridized carbons (Fsp3) is 1.00. The van der Waals surface area contributed by atoms with Crippen LogP contribution in [0.15, 0.2) is 0 Å². The molecule has 0 aromatic heterocycles. The number of quaternary nitrogens is 2. The molecule has 0 radical (unpaired) electrons. The summed E-state index contributed by atoms with van der Waals surface area (Å²) in [7, 11) is 0. The van der Waals surface area contributed by atoms with E-state index in [9.17, 15) is 0 Å². The van der Waals surface area contributed by atoms with Crippen molar-refractivity contribution >= 4 is 22.6 Å². The fourth-order valence-electron chi connectivity index (χ4n) is 8.61. The first-order valence-corrected chi connectivity index (χ1v) is 21.8. The van der Waals surface area contributed by atoms with Gasteiger partial charge in [-0.2, -0.15) is 0 Å². The highest BCUT2D eigenvalue weighted by molar-refractivity contribution is 14.1. The van der Waals surface area contributed by atoms with E-state index in [1.165, 1.54) is 182 Å². The van der Waals surface area contributed by atoms with Gasteiger partial charge in [-0.25, -0.2) is 0 Å². The van der Waals surface area contributed by atoms with Crippen LogP contribution in [-0.2, 0) is 0 Å². The molecule has 2 aliphatic carbocycles. The molecule has 0 bridgehead atoms. The lowest BCUT2D eigenvalue weighted by Gasteiger charge is -2.42. The number of halogens is 3. The molecule has 0 aromatic carbocycles. The van der Waals surface area contributed by atoms with Crippen molar-refractivity contribution in [1.29, 1.82) is 0 Å². The average molecular weight is 1020 g/mol. The van der Waals surface area contributed by atoms with Crippen molar-refractivity contribution in [3.05, 3.63) is 0 Å². The van der Waals surface area contributed by atoms with E-state index < -0.39 is 0 Å². The zero-order valence-corrected chi connectivity index (χ0v) is 40.5. The molecule has 2 aliphatic rings. The third kappa shape index (κ3) is 20.5. The minimum absolute atomic E-state index is 0. The molecule has 0 saturated heterocycles. The maximum Gasteiger partial charge on any atom is 0.0791 e. The highest BCUT2D eigenvalue weighted by Gasteiger charge is 2.39. The number of alkyl halides is 1. The van der Waals surface area contributed by atoms with Gasteiger partial charge in [0.25, 0.3) is 0 Å². The number of hydrogen-bond donors (Lipinski definition) is 0. The first-order chi connectivity index (χ1) is 21.6. The standard InChI is InChI=1S/C21H46N2.C17H36N2.C2H5I.CH4.2HI/c1-7-22(8-2,9-3)19-17-21(15-13-14-16-21)18-20-23(10-4,11-5)12-6;1-5-18(6-2)15-13-17(11-9-10-12-17)14-16-19(7-3)8-4;1-2-3;;;/h7-20H2,1-6H3;5-16H2,1-4H3;2H2,1H3;1H4;2*1H/q+2;;;;;/p-2. The molecule has 0 N–H and O–H groups in total. The summed E-state index contributed by atoms with van der Waals surface area (Å²) in [5.74, 6) is 0. The van der Waals surface area contributed by atoms with Crippen molar-refractivity contribution in [2.75, 3.05) is 96.1 Å². The summed E-state index contributed by atoms with van der Waals surface area (Å²) in [6.45, 7) is 43.8. The van der Waals surface area contributed by atoms with E-state index in [2.05, 4.69) is 109 Å². The molecule has 0 unspecified atom stereocenters. The van der Waals surface area contributed by atoms with E-state index in [0.717, 1.165) is 0 Å². The molecule has 296 valence electrons. The molecule has 48 heavy (non-hydrogen) atoms. The van der Waals surface area contributed by atoms with E-state index in [0.29, 0.717) is 10.8 Å². The van der Waals surface area contributed by atoms with Crippen molar-refractivity contribution in [2.45, 2.75) is 161 Å². The normalized spacial score (nSPS) is 16.6. The van der Waals surface area contributed by atoms with Crippen LogP contribution in [0.25, 0.3) is 0 Å². The minimum atomic E-state index is 0. The van der Waals surface area contributed by atoms with E-state index in [1.54, 1.807) is 0 Å². The van der Waals surface area contributed by atoms with Crippen LogP contribution in [-0.4, -0.2) is 115 Å². The molecule has 2 fully saturated rings. The van der Waals surface area contributed by atoms with Gasteiger partial charge in [0.05, 0.1) is 52.4 Å². The van der Waals surface area contributed by atoms with Crippen molar-refractivity contribution < 1.29 is 56.9 Å². The summed E-state index contributed by atoms with van der Waals surface area (Å²) >= 11 is 2.29. The Morgan fingerprint density at radius 2 is 0.688 bits per heavy atom. The van der Waals surface area contributed by atoms with Crippen LogP contribution in [0.2, 0.25) is 0 Å². The Labute approximate surface area is 353 Å². The maximum atomic E-state index is 2.59. The second-order valence-corrected chi connectivity index (χ2v) is 16.3. The maximum absolute atomic E-state index is 2.59. The summed E-state index contributed by atoms with van der Waals surface area (Å²) in [6.07, 6.45) is 17.7. The number of rotatable bonds is 22. The Hall–Kier alpha value is 2.03. The van der Waals surface area contributed by atoms with E-state index in [1.807, 2.05) is 0 Å². The van der Waals surface area contributed by atoms with E-state index in [4.69, 9.17) is 0 Å². The van der Waals surface area contributed by atoms with Crippen LogP contribution in [0, 0.1) is 10.8 Å². The molecule has 0 heterocycles. The van der Waals surface area contributed by atoms with Crippen molar-refractivity contribution in [3.8, 4) is 0 Å². The zero-order valence-electron chi connectivity index (χ0n) is 34.0. The predicted octanol–water partition coefficient (Wildman–Crippen LogP) is 5.18. The molecule has 7 heteroatoms. The molecule has 0 aliphatic heterocycles. The summed E-state index contributed by atoms with van der Waals surface area (Å²) in [5.41, 5.74) is 1.34. The van der Waals surface area contributed by atoms with Gasteiger partial charge in [-0.15, -0.1) is 0 Å². The van der Waals surface area contributed by atoms with Crippen LogP contribution in [0.3, 0.4) is 0 Å². The van der Waals surface area contributed by atoms with Crippen LogP contribution < -0.4 is 48.0 Å². The Bertz CT molecular complexity index is 604. The fourth-order valence-corrected chi connectivity index (χ4v) is 8.61. The Morgan fingerprint density at radius 1 is 0.458 bits per heavy atom. The van der Waals surface area contributed by atoms with Crippen LogP contribution in [0.5, 0.6) is 0 Å². The van der Waals surface area contributed by atoms with Crippen LogP contribution >= 0.6 is 22.6 Å². The Morgan fingerprint density at radius 3 is 0.896 bits per heavy atom. The molecular formula is C41H91I3N4. The second-order valence-electron chi connectivity index (χ2n) is 14.8. The zero-order chi connectivity index (χ0) is 34.2. The highest BCUT2D eigenvalue weighted by Crippen LogP contribution is 2.45.